The lowest BCUT2D eigenvalue weighted by Crippen LogP contribution is -2.74. The zero-order chi connectivity index (χ0) is 30.1. The Hall–Kier alpha value is -4.21. The van der Waals surface area contributed by atoms with E-state index >= 15 is 0 Å². The van der Waals surface area contributed by atoms with Crippen LogP contribution in [0.1, 0.15) is 33.6 Å². The van der Waals surface area contributed by atoms with Crippen LogP contribution < -0.4 is 5.32 Å². The van der Waals surface area contributed by atoms with Gasteiger partial charge in [-0.25, -0.2) is 0 Å². The van der Waals surface area contributed by atoms with Crippen molar-refractivity contribution in [1.82, 2.24) is 15.1 Å². The number of carbonyl (C=O) groups is 6. The first kappa shape index (κ1) is 28.3. The van der Waals surface area contributed by atoms with Crippen molar-refractivity contribution in [1.29, 1.82) is 5.26 Å². The molecule has 1 fully saturated rings. The molecule has 3 aliphatic heterocycles. The molecule has 5 aliphatic rings. The van der Waals surface area contributed by atoms with Gasteiger partial charge in [-0.15, -0.1) is 0 Å². The van der Waals surface area contributed by atoms with Gasteiger partial charge in [-0.1, -0.05) is 0 Å². The van der Waals surface area contributed by atoms with Gasteiger partial charge >= 0.3 is 0 Å². The second kappa shape index (κ2) is 10.0. The SMILES string of the molecule is COC1=C(C)C(=O)C2=C(C1=O)[C@@H]1[C@@H]3CC4=C(C(=O)C(OC)=C(C)C4=O)[C@H](CNC(=O)C(C)=O)N3[C@H](C#N)[C@H](C2)N1C. The summed E-state index contributed by atoms with van der Waals surface area (Å²) in [4.78, 5) is 82.3. The number of hydrogen-bond acceptors (Lipinski definition) is 11. The van der Waals surface area contributed by atoms with Crippen molar-refractivity contribution in [2.24, 2.45) is 0 Å². The van der Waals surface area contributed by atoms with Crippen molar-refractivity contribution in [2.75, 3.05) is 27.8 Å². The summed E-state index contributed by atoms with van der Waals surface area (Å²) in [6.45, 7) is 3.89. The van der Waals surface area contributed by atoms with Crippen LogP contribution in [-0.4, -0.2) is 103 Å². The van der Waals surface area contributed by atoms with E-state index in [2.05, 4.69) is 11.4 Å². The number of nitrogens with one attached hydrogen (secondary N) is 1. The first-order valence-corrected chi connectivity index (χ1v) is 13.2. The van der Waals surface area contributed by atoms with E-state index in [1.807, 2.05) is 4.90 Å². The predicted octanol–water partition coefficient (Wildman–Crippen LogP) is -0.149. The first-order chi connectivity index (χ1) is 19.4. The maximum Gasteiger partial charge on any atom is 0.287 e. The maximum absolute atomic E-state index is 13.8. The highest BCUT2D eigenvalue weighted by atomic mass is 16.5. The number of carbonyl (C=O) groups excluding carboxylic acids is 6. The molecule has 12 heteroatoms. The molecule has 3 heterocycles. The van der Waals surface area contributed by atoms with Crippen LogP contribution in [0.2, 0.25) is 0 Å². The lowest BCUT2D eigenvalue weighted by molar-refractivity contribution is -0.137. The van der Waals surface area contributed by atoms with Gasteiger partial charge in [0.05, 0.1) is 32.4 Å². The van der Waals surface area contributed by atoms with Gasteiger partial charge in [-0.3, -0.25) is 38.6 Å². The van der Waals surface area contributed by atoms with Crippen molar-refractivity contribution in [3.8, 4) is 6.07 Å². The molecule has 1 saturated heterocycles. The highest BCUT2D eigenvalue weighted by Gasteiger charge is 2.59. The molecule has 0 radical (unpaired) electrons. The Bertz CT molecular complexity index is 1520. The average Bonchev–Trinajstić information content (AvgIpc) is 2.93. The van der Waals surface area contributed by atoms with E-state index in [1.165, 1.54) is 28.1 Å². The minimum absolute atomic E-state index is 0.00850. The number of fused-ring (bicyclic) bond motifs is 5. The summed E-state index contributed by atoms with van der Waals surface area (Å²) in [5, 5.41) is 13.0. The lowest BCUT2D eigenvalue weighted by atomic mass is 9.67. The normalized spacial score (nSPS) is 30.1. The van der Waals surface area contributed by atoms with E-state index in [1.54, 1.807) is 11.9 Å². The maximum atomic E-state index is 13.8. The number of hydrogen-bond donors (Lipinski definition) is 1. The molecule has 0 spiro atoms. The number of methoxy groups -OCH3 is 2. The molecule has 12 nitrogen and oxygen atoms in total. The van der Waals surface area contributed by atoms with E-state index in [9.17, 15) is 34.0 Å². The molecule has 41 heavy (non-hydrogen) atoms. The van der Waals surface area contributed by atoms with Crippen LogP contribution in [0, 0.1) is 11.3 Å². The molecule has 5 atom stereocenters. The number of allylic oxidation sites excluding steroid dienone is 4. The number of ketones is 5. The number of likely N-dealkylation sites (N-methyl/N-ethyl adjacent to an activating group) is 1. The minimum atomic E-state index is -0.985. The summed E-state index contributed by atoms with van der Waals surface area (Å²) >= 11 is 0. The van der Waals surface area contributed by atoms with Crippen LogP contribution in [0.4, 0.5) is 0 Å². The van der Waals surface area contributed by atoms with Gasteiger partial charge < -0.3 is 14.8 Å². The van der Waals surface area contributed by atoms with Gasteiger partial charge in [0.15, 0.2) is 23.1 Å². The fourth-order valence-electron chi connectivity index (χ4n) is 7.13. The third-order valence-electron chi connectivity index (χ3n) is 8.99. The number of rotatable bonds is 5. The molecule has 2 aliphatic carbocycles. The monoisotopic (exact) mass is 562 g/mol. The Morgan fingerprint density at radius 1 is 0.902 bits per heavy atom. The Labute approximate surface area is 236 Å². The third kappa shape index (κ3) is 3.87. The predicted molar refractivity (Wildman–Crippen MR) is 141 cm³/mol. The molecule has 2 bridgehead atoms. The number of amides is 1. The van der Waals surface area contributed by atoms with Crippen molar-refractivity contribution < 1.29 is 38.2 Å². The third-order valence-corrected chi connectivity index (χ3v) is 8.99. The Kier molecular flexibility index (Phi) is 6.91. The van der Waals surface area contributed by atoms with E-state index in [0.29, 0.717) is 5.57 Å². The number of Topliss-reactive ketones (excluding diaryl/α,β-unsaturated/α-hetero) is 5. The molecule has 1 amide bonds. The molecule has 214 valence electrons. The molecule has 0 aromatic heterocycles. The molecule has 5 rings (SSSR count). The average molecular weight is 563 g/mol. The van der Waals surface area contributed by atoms with Gasteiger partial charge in [0.2, 0.25) is 17.3 Å². The van der Waals surface area contributed by atoms with Crippen molar-refractivity contribution in [2.45, 2.75) is 63.8 Å². The van der Waals surface area contributed by atoms with E-state index in [0.717, 1.165) is 6.92 Å². The van der Waals surface area contributed by atoms with E-state index in [-0.39, 0.29) is 64.6 Å². The fraction of sp³-hybridized carbons (Fsp3) is 0.483. The molecule has 0 aromatic rings. The Balaban J connectivity index is 1.71. The largest absolute Gasteiger partial charge is 0.492 e. The van der Waals surface area contributed by atoms with Crippen LogP contribution in [0.5, 0.6) is 0 Å². The van der Waals surface area contributed by atoms with Crippen LogP contribution in [-0.2, 0) is 38.2 Å². The second-order valence-corrected chi connectivity index (χ2v) is 10.9. The molecule has 0 saturated carbocycles. The van der Waals surface area contributed by atoms with Gasteiger partial charge in [-0.2, -0.15) is 5.26 Å². The van der Waals surface area contributed by atoms with Gasteiger partial charge in [0, 0.05) is 59.0 Å². The molecular weight excluding hydrogens is 532 g/mol. The number of ether oxygens (including phenoxy) is 2. The van der Waals surface area contributed by atoms with Crippen LogP contribution >= 0.6 is 0 Å². The van der Waals surface area contributed by atoms with Crippen molar-refractivity contribution in [3.63, 3.8) is 0 Å². The quantitative estimate of drug-likeness (QED) is 0.350. The smallest absolute Gasteiger partial charge is 0.287 e. The standard InChI is InChI=1S/C29H30N4O8/c1-11-23(35)14-8-17-22-21-15(24(36)12(2)28(41-6)26(21)38)7-16(32(22)4)18(9-30)33(17)19(10-31-29(39)13(3)34)20(14)25(37)27(11)40-5/h16-19,22H,7-8,10H2,1-6H3,(H,31,39)/t16-,17-,18+,19-,22-/m0/s1. The first-order valence-electron chi connectivity index (χ1n) is 13.2. The van der Waals surface area contributed by atoms with E-state index < -0.39 is 59.2 Å². The van der Waals surface area contributed by atoms with Crippen molar-refractivity contribution >= 4 is 34.8 Å². The summed E-state index contributed by atoms with van der Waals surface area (Å²) in [5.41, 5.74) is 1.19. The topological polar surface area (TPSA) is 163 Å². The zero-order valence-corrected chi connectivity index (χ0v) is 23.6. The summed E-state index contributed by atoms with van der Waals surface area (Å²) in [6.07, 6.45) is 0.116. The van der Waals surface area contributed by atoms with E-state index in [4.69, 9.17) is 9.47 Å². The molecule has 0 unspecified atom stereocenters. The van der Waals surface area contributed by atoms with Gasteiger partial charge in [0.25, 0.3) is 5.91 Å². The highest BCUT2D eigenvalue weighted by molar-refractivity contribution is 6.35. The Morgan fingerprint density at radius 3 is 1.93 bits per heavy atom. The molecular formula is C29H30N4O8. The van der Waals surface area contributed by atoms with Crippen LogP contribution in [0.15, 0.2) is 45.0 Å². The number of nitrogens with zero attached hydrogens (tertiary/aromatic N) is 3. The summed E-state index contributed by atoms with van der Waals surface area (Å²) < 4.78 is 10.6. The summed E-state index contributed by atoms with van der Waals surface area (Å²) in [5.74, 6) is -3.51. The Morgan fingerprint density at radius 2 is 1.41 bits per heavy atom. The molecule has 0 aromatic carbocycles. The van der Waals surface area contributed by atoms with Crippen LogP contribution in [0.3, 0.4) is 0 Å². The minimum Gasteiger partial charge on any atom is -0.492 e. The molecule has 1 N–H and O–H groups in total. The van der Waals surface area contributed by atoms with Crippen molar-refractivity contribution in [3.05, 3.63) is 45.0 Å². The number of nitriles is 1. The highest BCUT2D eigenvalue weighted by Crippen LogP contribution is 2.48. The second-order valence-electron chi connectivity index (χ2n) is 10.9. The lowest BCUT2D eigenvalue weighted by Gasteiger charge is -2.60. The van der Waals surface area contributed by atoms with Gasteiger partial charge in [-0.05, 0) is 33.7 Å². The van der Waals surface area contributed by atoms with Gasteiger partial charge in [0.1, 0.15) is 6.04 Å². The summed E-state index contributed by atoms with van der Waals surface area (Å²) in [6, 6.07) is -1.52. The summed E-state index contributed by atoms with van der Waals surface area (Å²) in [7, 11) is 4.38. The van der Waals surface area contributed by atoms with Crippen LogP contribution in [0.25, 0.3) is 0 Å². The zero-order valence-electron chi connectivity index (χ0n) is 23.6. The fourth-order valence-corrected chi connectivity index (χ4v) is 7.13. The number of piperazine rings is 1.